The smallest absolute Gasteiger partial charge is 0.223 e. The molecular weight excluding hydrogens is 316 g/mol. The highest BCUT2D eigenvalue weighted by molar-refractivity contribution is 7.91. The largest absolute Gasteiger partial charge is 0.381 e. The van der Waals surface area contributed by atoms with E-state index in [9.17, 15) is 13.2 Å². The predicted molar refractivity (Wildman–Crippen MR) is 87.9 cm³/mol. The average molecular weight is 344 g/mol. The van der Waals surface area contributed by atoms with Crippen molar-refractivity contribution in [3.63, 3.8) is 0 Å². The molecular formula is C16H28N2O4S. The number of piperidine rings is 1. The number of methoxy groups -OCH3 is 1. The van der Waals surface area contributed by atoms with E-state index in [-0.39, 0.29) is 23.5 Å². The van der Waals surface area contributed by atoms with Crippen molar-refractivity contribution in [2.75, 3.05) is 45.3 Å². The van der Waals surface area contributed by atoms with Gasteiger partial charge in [0, 0.05) is 51.0 Å². The van der Waals surface area contributed by atoms with Crippen LogP contribution in [0, 0.1) is 11.8 Å². The van der Waals surface area contributed by atoms with Crippen molar-refractivity contribution in [1.82, 2.24) is 9.80 Å². The third-order valence-corrected chi connectivity index (χ3v) is 7.63. The lowest BCUT2D eigenvalue weighted by Crippen LogP contribution is -2.48. The first-order valence-corrected chi connectivity index (χ1v) is 10.4. The molecule has 6 nitrogen and oxygen atoms in total. The molecule has 1 aliphatic carbocycles. The first-order chi connectivity index (χ1) is 10.9. The average Bonchev–Trinajstić information content (AvgIpc) is 3.00. The second-order valence-corrected chi connectivity index (χ2v) is 9.61. The normalized spacial score (nSPS) is 35.9. The molecule has 3 fully saturated rings. The summed E-state index contributed by atoms with van der Waals surface area (Å²) in [6, 6.07) is 0.0724. The second-order valence-electron chi connectivity index (χ2n) is 7.38. The van der Waals surface area contributed by atoms with Crippen LogP contribution in [0.2, 0.25) is 0 Å². The molecule has 2 aliphatic heterocycles. The Hall–Kier alpha value is -0.660. The van der Waals surface area contributed by atoms with E-state index in [4.69, 9.17) is 4.74 Å². The van der Waals surface area contributed by atoms with Crippen LogP contribution in [0.15, 0.2) is 0 Å². The molecule has 1 saturated carbocycles. The summed E-state index contributed by atoms with van der Waals surface area (Å²) >= 11 is 0. The molecule has 2 unspecified atom stereocenters. The maximum absolute atomic E-state index is 12.5. The fourth-order valence-electron chi connectivity index (χ4n) is 4.50. The highest BCUT2D eigenvalue weighted by atomic mass is 32.2. The number of amides is 1. The van der Waals surface area contributed by atoms with Crippen LogP contribution in [0.5, 0.6) is 0 Å². The highest BCUT2D eigenvalue weighted by Gasteiger charge is 2.43. The standard InChI is InChI=1S/C16H28N2O4S/c1-17(14-6-8-23(20,21)11-14)7-5-15(19)18-9-12-3-4-13(10-18)16(12)22-2/h12-14,16H,3-11H2,1-2H3/t12-,13+,14?,16?. The van der Waals surface area contributed by atoms with E-state index in [2.05, 4.69) is 0 Å². The fraction of sp³-hybridized carbons (Fsp3) is 0.938. The molecule has 132 valence electrons. The summed E-state index contributed by atoms with van der Waals surface area (Å²) in [5.74, 6) is 1.69. The molecule has 7 heteroatoms. The van der Waals surface area contributed by atoms with Crippen molar-refractivity contribution in [1.29, 1.82) is 0 Å². The number of hydrogen-bond donors (Lipinski definition) is 0. The SMILES string of the molecule is COC1[C@@H]2CC[C@H]1CN(C(=O)CCN(C)C1CCS(=O)(=O)C1)C2. The maximum Gasteiger partial charge on any atom is 0.223 e. The lowest BCUT2D eigenvalue weighted by Gasteiger charge is -2.37. The van der Waals surface area contributed by atoms with Crippen LogP contribution in [0.3, 0.4) is 0 Å². The van der Waals surface area contributed by atoms with Gasteiger partial charge in [-0.25, -0.2) is 8.42 Å². The van der Waals surface area contributed by atoms with Crippen LogP contribution in [-0.4, -0.2) is 81.6 Å². The van der Waals surface area contributed by atoms with Gasteiger partial charge >= 0.3 is 0 Å². The molecule has 0 N–H and O–H groups in total. The number of sulfone groups is 1. The van der Waals surface area contributed by atoms with Crippen molar-refractivity contribution in [2.45, 2.75) is 37.8 Å². The second kappa shape index (κ2) is 6.69. The van der Waals surface area contributed by atoms with Crippen LogP contribution in [0.25, 0.3) is 0 Å². The first kappa shape index (κ1) is 17.2. The van der Waals surface area contributed by atoms with Gasteiger partial charge in [0.15, 0.2) is 9.84 Å². The van der Waals surface area contributed by atoms with Crippen LogP contribution in [0.1, 0.15) is 25.7 Å². The van der Waals surface area contributed by atoms with E-state index < -0.39 is 9.84 Å². The van der Waals surface area contributed by atoms with E-state index >= 15 is 0 Å². The topological polar surface area (TPSA) is 66.9 Å². The third kappa shape index (κ3) is 3.72. The van der Waals surface area contributed by atoms with Gasteiger partial charge in [-0.05, 0) is 26.3 Å². The Kier molecular flexibility index (Phi) is 4.99. The molecule has 1 amide bonds. The Balaban J connectivity index is 1.47. The van der Waals surface area contributed by atoms with Crippen LogP contribution >= 0.6 is 0 Å². The minimum atomic E-state index is -2.87. The van der Waals surface area contributed by atoms with Gasteiger partial charge in [0.05, 0.1) is 17.6 Å². The number of carbonyl (C=O) groups excluding carboxylic acids is 1. The summed E-state index contributed by atoms with van der Waals surface area (Å²) in [6.07, 6.45) is 3.81. The van der Waals surface area contributed by atoms with Crippen molar-refractivity contribution in [3.05, 3.63) is 0 Å². The quantitative estimate of drug-likeness (QED) is 0.721. The van der Waals surface area contributed by atoms with Crippen molar-refractivity contribution < 1.29 is 17.9 Å². The molecule has 3 rings (SSSR count). The van der Waals surface area contributed by atoms with Crippen LogP contribution in [0.4, 0.5) is 0 Å². The minimum absolute atomic E-state index is 0.0724. The maximum atomic E-state index is 12.5. The zero-order valence-electron chi connectivity index (χ0n) is 14.1. The summed E-state index contributed by atoms with van der Waals surface area (Å²) in [7, 11) is 0.840. The molecule has 3 aliphatic rings. The van der Waals surface area contributed by atoms with E-state index in [1.165, 1.54) is 0 Å². The van der Waals surface area contributed by atoms with Gasteiger partial charge in [-0.1, -0.05) is 0 Å². The Labute approximate surface area is 139 Å². The molecule has 2 heterocycles. The van der Waals surface area contributed by atoms with Gasteiger partial charge in [-0.2, -0.15) is 0 Å². The Morgan fingerprint density at radius 2 is 1.87 bits per heavy atom. The summed E-state index contributed by atoms with van der Waals surface area (Å²) < 4.78 is 28.7. The molecule has 0 spiro atoms. The number of nitrogens with zero attached hydrogens (tertiary/aromatic N) is 2. The van der Waals surface area contributed by atoms with Gasteiger partial charge in [0.2, 0.25) is 5.91 Å². The summed E-state index contributed by atoms with van der Waals surface area (Å²) in [5, 5.41) is 0. The molecule has 0 aromatic rings. The lowest BCUT2D eigenvalue weighted by molar-refractivity contribution is -0.136. The molecule has 23 heavy (non-hydrogen) atoms. The zero-order valence-corrected chi connectivity index (χ0v) is 14.9. The van der Waals surface area contributed by atoms with E-state index in [1.807, 2.05) is 16.8 Å². The summed E-state index contributed by atoms with van der Waals surface area (Å²) in [6.45, 7) is 2.27. The van der Waals surface area contributed by atoms with Crippen LogP contribution in [-0.2, 0) is 19.4 Å². The Bertz CT molecular complexity index is 536. The number of carbonyl (C=O) groups is 1. The number of fused-ring (bicyclic) bond motifs is 2. The monoisotopic (exact) mass is 344 g/mol. The van der Waals surface area contributed by atoms with Gasteiger partial charge in [-0.15, -0.1) is 0 Å². The predicted octanol–water partition coefficient (Wildman–Crippen LogP) is 0.379. The number of ether oxygens (including phenoxy) is 1. The summed E-state index contributed by atoms with van der Waals surface area (Å²) in [5.41, 5.74) is 0. The minimum Gasteiger partial charge on any atom is -0.381 e. The van der Waals surface area contributed by atoms with Crippen molar-refractivity contribution in [3.8, 4) is 0 Å². The number of rotatable bonds is 5. The van der Waals surface area contributed by atoms with E-state index in [1.54, 1.807) is 7.11 Å². The first-order valence-electron chi connectivity index (χ1n) is 8.61. The Morgan fingerprint density at radius 1 is 1.22 bits per heavy atom. The molecule has 0 radical (unpaired) electrons. The van der Waals surface area contributed by atoms with Gasteiger partial charge in [0.25, 0.3) is 0 Å². The zero-order chi connectivity index (χ0) is 16.6. The van der Waals surface area contributed by atoms with Gasteiger partial charge < -0.3 is 14.5 Å². The third-order valence-electron chi connectivity index (χ3n) is 5.88. The van der Waals surface area contributed by atoms with Gasteiger partial charge in [0.1, 0.15) is 0 Å². The lowest BCUT2D eigenvalue weighted by atomic mass is 9.94. The number of hydrogen-bond acceptors (Lipinski definition) is 5. The van der Waals surface area contributed by atoms with E-state index in [0.717, 1.165) is 25.9 Å². The fourth-order valence-corrected chi connectivity index (χ4v) is 6.30. The van der Waals surface area contributed by atoms with Crippen molar-refractivity contribution in [2.24, 2.45) is 11.8 Å². The molecule has 0 aromatic heterocycles. The number of likely N-dealkylation sites (tertiary alicyclic amines) is 1. The Morgan fingerprint density at radius 3 is 2.39 bits per heavy atom. The molecule has 0 aromatic carbocycles. The van der Waals surface area contributed by atoms with Crippen LogP contribution < -0.4 is 0 Å². The molecule has 2 bridgehead atoms. The van der Waals surface area contributed by atoms with Crippen molar-refractivity contribution >= 4 is 15.7 Å². The van der Waals surface area contributed by atoms with Gasteiger partial charge in [-0.3, -0.25) is 4.79 Å². The van der Waals surface area contributed by atoms with E-state index in [0.29, 0.717) is 37.3 Å². The summed E-state index contributed by atoms with van der Waals surface area (Å²) in [4.78, 5) is 16.5. The molecule has 2 saturated heterocycles. The molecule has 4 atom stereocenters. The highest BCUT2D eigenvalue weighted by Crippen LogP contribution is 2.38.